The Labute approximate surface area is 99.3 Å². The van der Waals surface area contributed by atoms with Gasteiger partial charge in [-0.05, 0) is 29.9 Å². The van der Waals surface area contributed by atoms with Crippen LogP contribution in [0.25, 0.3) is 0 Å². The topological polar surface area (TPSA) is 12.0 Å². The van der Waals surface area contributed by atoms with Gasteiger partial charge in [-0.1, -0.05) is 51.8 Å². The van der Waals surface area contributed by atoms with E-state index in [1.54, 1.807) is 0 Å². The van der Waals surface area contributed by atoms with Crippen molar-refractivity contribution >= 4 is 5.69 Å². The van der Waals surface area contributed by atoms with Crippen LogP contribution in [-0.4, -0.2) is 6.04 Å². The maximum Gasteiger partial charge on any atom is 0.0375 e. The summed E-state index contributed by atoms with van der Waals surface area (Å²) in [5.74, 6) is 1.56. The molecule has 2 rings (SSSR count). The van der Waals surface area contributed by atoms with Gasteiger partial charge in [-0.15, -0.1) is 0 Å². The van der Waals surface area contributed by atoms with Crippen molar-refractivity contribution in [1.29, 1.82) is 0 Å². The molecule has 0 bridgehead atoms. The van der Waals surface area contributed by atoms with Crippen molar-refractivity contribution in [1.82, 2.24) is 0 Å². The Bertz CT molecular complexity index is 341. The van der Waals surface area contributed by atoms with Crippen molar-refractivity contribution in [3.05, 3.63) is 29.8 Å². The Hall–Kier alpha value is -0.980. The quantitative estimate of drug-likeness (QED) is 0.804. The minimum atomic E-state index is 0.657. The third kappa shape index (κ3) is 2.09. The van der Waals surface area contributed by atoms with E-state index in [1.165, 1.54) is 30.5 Å². The third-order valence-corrected chi connectivity index (χ3v) is 4.05. The minimum absolute atomic E-state index is 0.657. The molecule has 0 radical (unpaired) electrons. The molecule has 1 N–H and O–H groups in total. The number of benzene rings is 1. The predicted molar refractivity (Wildman–Crippen MR) is 70.8 cm³/mol. The van der Waals surface area contributed by atoms with E-state index in [1.807, 2.05) is 0 Å². The highest BCUT2D eigenvalue weighted by Crippen LogP contribution is 2.33. The predicted octanol–water partition coefficient (Wildman–Crippen LogP) is 4.10. The molecular weight excluding hydrogens is 194 g/mol. The Morgan fingerprint density at radius 3 is 2.62 bits per heavy atom. The fourth-order valence-electron chi connectivity index (χ4n) is 3.01. The summed E-state index contributed by atoms with van der Waals surface area (Å²) in [6.07, 6.45) is 3.78. The van der Waals surface area contributed by atoms with E-state index in [2.05, 4.69) is 50.4 Å². The highest BCUT2D eigenvalue weighted by molar-refractivity contribution is 5.54. The molecule has 1 nitrogen and oxygen atoms in total. The van der Waals surface area contributed by atoms with Crippen LogP contribution in [0.4, 0.5) is 5.69 Å². The van der Waals surface area contributed by atoms with Crippen molar-refractivity contribution < 1.29 is 0 Å². The first-order valence-electron chi connectivity index (χ1n) is 6.60. The molecule has 1 aliphatic heterocycles. The fraction of sp³-hybridized carbons (Fsp3) is 0.600. The van der Waals surface area contributed by atoms with Crippen LogP contribution in [0.15, 0.2) is 24.3 Å². The molecule has 0 aliphatic carbocycles. The molecular formula is C15H23N. The normalized spacial score (nSPS) is 24.0. The first kappa shape index (κ1) is 11.5. The number of rotatable bonds is 3. The van der Waals surface area contributed by atoms with Gasteiger partial charge in [0.2, 0.25) is 0 Å². The first-order valence-corrected chi connectivity index (χ1v) is 6.60. The number of anilines is 1. The lowest BCUT2D eigenvalue weighted by Gasteiger charge is -2.37. The molecule has 1 heterocycles. The van der Waals surface area contributed by atoms with E-state index in [-0.39, 0.29) is 0 Å². The van der Waals surface area contributed by atoms with Gasteiger partial charge in [0.25, 0.3) is 0 Å². The van der Waals surface area contributed by atoms with Gasteiger partial charge in [0.1, 0.15) is 0 Å². The average molecular weight is 217 g/mol. The number of fused-ring (bicyclic) bond motifs is 1. The molecule has 1 heteroatoms. The molecule has 0 fully saturated rings. The molecule has 0 aromatic heterocycles. The van der Waals surface area contributed by atoms with Gasteiger partial charge in [-0.25, -0.2) is 0 Å². The van der Waals surface area contributed by atoms with Gasteiger partial charge in [0.15, 0.2) is 0 Å². The highest BCUT2D eigenvalue weighted by Gasteiger charge is 2.29. The monoisotopic (exact) mass is 217 g/mol. The molecule has 16 heavy (non-hydrogen) atoms. The Balaban J connectivity index is 2.20. The van der Waals surface area contributed by atoms with E-state index in [4.69, 9.17) is 0 Å². The van der Waals surface area contributed by atoms with E-state index in [0.717, 1.165) is 11.8 Å². The first-order chi connectivity index (χ1) is 7.76. The second-order valence-electron chi connectivity index (χ2n) is 5.09. The molecule has 0 amide bonds. The highest BCUT2D eigenvalue weighted by atomic mass is 14.9. The minimum Gasteiger partial charge on any atom is -0.382 e. The van der Waals surface area contributed by atoms with Crippen molar-refractivity contribution in [2.45, 2.75) is 46.1 Å². The third-order valence-electron chi connectivity index (χ3n) is 4.05. The summed E-state index contributed by atoms with van der Waals surface area (Å²) in [5, 5.41) is 3.75. The van der Waals surface area contributed by atoms with Crippen LogP contribution in [0.2, 0.25) is 0 Å². The van der Waals surface area contributed by atoms with Crippen LogP contribution in [-0.2, 0) is 6.42 Å². The summed E-state index contributed by atoms with van der Waals surface area (Å²) in [6.45, 7) is 7.00. The summed E-state index contributed by atoms with van der Waals surface area (Å²) in [5.41, 5.74) is 2.84. The molecule has 1 aromatic carbocycles. The van der Waals surface area contributed by atoms with Crippen molar-refractivity contribution in [2.75, 3.05) is 5.32 Å². The van der Waals surface area contributed by atoms with E-state index >= 15 is 0 Å². The van der Waals surface area contributed by atoms with Gasteiger partial charge >= 0.3 is 0 Å². The van der Waals surface area contributed by atoms with Crippen LogP contribution < -0.4 is 5.32 Å². The zero-order valence-corrected chi connectivity index (χ0v) is 10.7. The smallest absolute Gasteiger partial charge is 0.0375 e. The van der Waals surface area contributed by atoms with Gasteiger partial charge in [-0.3, -0.25) is 0 Å². The Morgan fingerprint density at radius 1 is 1.25 bits per heavy atom. The molecule has 0 saturated carbocycles. The Kier molecular flexibility index (Phi) is 3.52. The lowest BCUT2D eigenvalue weighted by molar-refractivity contribution is 0.320. The zero-order chi connectivity index (χ0) is 11.5. The maximum absolute atomic E-state index is 3.75. The van der Waals surface area contributed by atoms with Crippen LogP contribution in [0.5, 0.6) is 0 Å². The van der Waals surface area contributed by atoms with Crippen LogP contribution in [0.1, 0.15) is 39.2 Å². The number of hydrogen-bond acceptors (Lipinski definition) is 1. The molecule has 2 unspecified atom stereocenters. The standard InChI is InChI=1S/C15H23N/c1-4-12(5-2)15-11(3)10-13-8-6-7-9-14(13)16-15/h6-9,11-12,15-16H,4-5,10H2,1-3H3. The summed E-state index contributed by atoms with van der Waals surface area (Å²) in [7, 11) is 0. The summed E-state index contributed by atoms with van der Waals surface area (Å²) in [4.78, 5) is 0. The summed E-state index contributed by atoms with van der Waals surface area (Å²) < 4.78 is 0. The second kappa shape index (κ2) is 4.90. The van der Waals surface area contributed by atoms with Gasteiger partial charge in [0.05, 0.1) is 0 Å². The van der Waals surface area contributed by atoms with E-state index in [0.29, 0.717) is 6.04 Å². The molecule has 0 spiro atoms. The zero-order valence-electron chi connectivity index (χ0n) is 10.7. The molecule has 0 saturated heterocycles. The van der Waals surface area contributed by atoms with Gasteiger partial charge in [0, 0.05) is 11.7 Å². The molecule has 88 valence electrons. The molecule has 1 aromatic rings. The number of hydrogen-bond donors (Lipinski definition) is 1. The average Bonchev–Trinajstić information content (AvgIpc) is 2.31. The second-order valence-corrected chi connectivity index (χ2v) is 5.09. The van der Waals surface area contributed by atoms with E-state index < -0.39 is 0 Å². The Morgan fingerprint density at radius 2 is 1.94 bits per heavy atom. The molecule has 2 atom stereocenters. The number of nitrogens with one attached hydrogen (secondary N) is 1. The number of para-hydroxylation sites is 1. The van der Waals surface area contributed by atoms with Crippen LogP contribution in [0, 0.1) is 11.8 Å². The van der Waals surface area contributed by atoms with Gasteiger partial charge in [-0.2, -0.15) is 0 Å². The van der Waals surface area contributed by atoms with Gasteiger partial charge < -0.3 is 5.32 Å². The van der Waals surface area contributed by atoms with E-state index in [9.17, 15) is 0 Å². The summed E-state index contributed by atoms with van der Waals surface area (Å²) in [6, 6.07) is 9.40. The molecule has 1 aliphatic rings. The van der Waals surface area contributed by atoms with Crippen molar-refractivity contribution in [3.63, 3.8) is 0 Å². The maximum atomic E-state index is 3.75. The SMILES string of the molecule is CCC(CC)C1Nc2ccccc2CC1C. The lowest BCUT2D eigenvalue weighted by Crippen LogP contribution is -2.39. The largest absolute Gasteiger partial charge is 0.382 e. The van der Waals surface area contributed by atoms with Crippen LogP contribution >= 0.6 is 0 Å². The van der Waals surface area contributed by atoms with Crippen molar-refractivity contribution in [2.24, 2.45) is 11.8 Å². The lowest BCUT2D eigenvalue weighted by atomic mass is 9.79. The van der Waals surface area contributed by atoms with Crippen LogP contribution in [0.3, 0.4) is 0 Å². The summed E-state index contributed by atoms with van der Waals surface area (Å²) >= 11 is 0. The fourth-order valence-corrected chi connectivity index (χ4v) is 3.01. The van der Waals surface area contributed by atoms with Crippen molar-refractivity contribution in [3.8, 4) is 0 Å².